The first-order chi connectivity index (χ1) is 7.70. The Morgan fingerprint density at radius 3 is 2.50 bits per heavy atom. The van der Waals surface area contributed by atoms with Crippen molar-refractivity contribution < 1.29 is 14.3 Å². The van der Waals surface area contributed by atoms with Crippen molar-refractivity contribution in [2.75, 3.05) is 13.7 Å². The molecule has 0 aliphatic carbocycles. The molecule has 3 nitrogen and oxygen atoms in total. The van der Waals surface area contributed by atoms with Crippen molar-refractivity contribution in [2.24, 2.45) is 0 Å². The minimum atomic E-state index is -0.444. The third-order valence-electron chi connectivity index (χ3n) is 2.19. The van der Waals surface area contributed by atoms with Gasteiger partial charge in [0, 0.05) is 7.11 Å². The molecule has 0 bridgehead atoms. The normalized spacial score (nSPS) is 11.9. The molecule has 1 atom stereocenters. The van der Waals surface area contributed by atoms with Crippen molar-refractivity contribution in [1.29, 1.82) is 0 Å². The quantitative estimate of drug-likeness (QED) is 0.565. The number of methoxy groups -OCH3 is 1. The molecule has 16 heavy (non-hydrogen) atoms. The van der Waals surface area contributed by atoms with E-state index in [1.165, 1.54) is 0 Å². The topological polar surface area (TPSA) is 35.5 Å². The molecule has 0 fully saturated rings. The summed E-state index contributed by atoms with van der Waals surface area (Å²) >= 11 is 0. The first-order valence-electron chi connectivity index (χ1n) is 5.14. The molecule has 1 unspecified atom stereocenters. The molecule has 0 radical (unpaired) electrons. The zero-order chi connectivity index (χ0) is 12.0. The summed E-state index contributed by atoms with van der Waals surface area (Å²) in [5, 5.41) is 0. The summed E-state index contributed by atoms with van der Waals surface area (Å²) in [5.74, 6) is -0.418. The molecule has 0 saturated heterocycles. The Kier molecular flexibility index (Phi) is 4.73. The summed E-state index contributed by atoms with van der Waals surface area (Å²) in [5.41, 5.74) is 1.21. The average Bonchev–Trinajstić information content (AvgIpc) is 2.31. The molecule has 3 heteroatoms. The van der Waals surface area contributed by atoms with Crippen LogP contribution in [0.3, 0.4) is 0 Å². The van der Waals surface area contributed by atoms with Gasteiger partial charge in [-0.15, -0.1) is 0 Å². The Balaban J connectivity index is 2.83. The van der Waals surface area contributed by atoms with Crippen LogP contribution in [0.15, 0.2) is 42.5 Å². The smallest absolute Gasteiger partial charge is 0.336 e. The number of carbonyl (C=O) groups is 1. The minimum Gasteiger partial charge on any atom is -0.463 e. The standard InChI is InChI=1S/C13H16O3/c1-4-16-13(14)10(2)12(15-3)11-8-6-5-7-9-11/h5-9,12H,2,4H2,1,3H3. The van der Waals surface area contributed by atoms with Gasteiger partial charge in [-0.1, -0.05) is 36.9 Å². The molecule has 0 aromatic heterocycles. The number of esters is 1. The maximum Gasteiger partial charge on any atom is 0.336 e. The number of hydrogen-bond donors (Lipinski definition) is 0. The van der Waals surface area contributed by atoms with Crippen LogP contribution in [-0.2, 0) is 14.3 Å². The Morgan fingerprint density at radius 2 is 2.00 bits per heavy atom. The van der Waals surface area contributed by atoms with Gasteiger partial charge in [0.25, 0.3) is 0 Å². The van der Waals surface area contributed by atoms with Crippen LogP contribution >= 0.6 is 0 Å². The molecule has 0 spiro atoms. The molecule has 0 heterocycles. The van der Waals surface area contributed by atoms with Crippen molar-refractivity contribution in [3.05, 3.63) is 48.0 Å². The Bertz CT molecular complexity index is 357. The first-order valence-corrected chi connectivity index (χ1v) is 5.14. The van der Waals surface area contributed by atoms with Gasteiger partial charge in [0.15, 0.2) is 0 Å². The van der Waals surface area contributed by atoms with Crippen LogP contribution in [0.2, 0.25) is 0 Å². The molecule has 0 saturated carbocycles. The lowest BCUT2D eigenvalue weighted by molar-refractivity contribution is -0.139. The Morgan fingerprint density at radius 1 is 1.38 bits per heavy atom. The fraction of sp³-hybridized carbons (Fsp3) is 0.308. The van der Waals surface area contributed by atoms with E-state index < -0.39 is 12.1 Å². The van der Waals surface area contributed by atoms with E-state index in [2.05, 4.69) is 6.58 Å². The van der Waals surface area contributed by atoms with Crippen LogP contribution in [0, 0.1) is 0 Å². The van der Waals surface area contributed by atoms with E-state index in [1.807, 2.05) is 30.3 Å². The van der Waals surface area contributed by atoms with Crippen molar-refractivity contribution >= 4 is 5.97 Å². The van der Waals surface area contributed by atoms with Crippen LogP contribution in [0.1, 0.15) is 18.6 Å². The van der Waals surface area contributed by atoms with Gasteiger partial charge in [-0.2, -0.15) is 0 Å². The van der Waals surface area contributed by atoms with E-state index >= 15 is 0 Å². The lowest BCUT2D eigenvalue weighted by Gasteiger charge is -2.17. The van der Waals surface area contributed by atoms with E-state index in [4.69, 9.17) is 9.47 Å². The second-order valence-electron chi connectivity index (χ2n) is 3.27. The van der Waals surface area contributed by atoms with E-state index in [0.717, 1.165) is 5.56 Å². The first kappa shape index (κ1) is 12.5. The summed E-state index contributed by atoms with van der Waals surface area (Å²) in [7, 11) is 1.54. The summed E-state index contributed by atoms with van der Waals surface area (Å²) in [6, 6.07) is 9.46. The van der Waals surface area contributed by atoms with Crippen LogP contribution in [0.5, 0.6) is 0 Å². The highest BCUT2D eigenvalue weighted by molar-refractivity contribution is 5.89. The number of ether oxygens (including phenoxy) is 2. The van der Waals surface area contributed by atoms with E-state index in [-0.39, 0.29) is 0 Å². The van der Waals surface area contributed by atoms with Gasteiger partial charge in [-0.05, 0) is 12.5 Å². The molecule has 86 valence electrons. The number of hydrogen-bond acceptors (Lipinski definition) is 3. The van der Waals surface area contributed by atoms with Crippen molar-refractivity contribution in [3.63, 3.8) is 0 Å². The van der Waals surface area contributed by atoms with Crippen molar-refractivity contribution in [2.45, 2.75) is 13.0 Å². The molecule has 0 aliphatic heterocycles. The minimum absolute atomic E-state index is 0.315. The van der Waals surface area contributed by atoms with E-state index in [9.17, 15) is 4.79 Å². The average molecular weight is 220 g/mol. The summed E-state index contributed by atoms with van der Waals surface area (Å²) in [6.45, 7) is 5.82. The van der Waals surface area contributed by atoms with Gasteiger partial charge >= 0.3 is 5.97 Å². The SMILES string of the molecule is C=C(C(=O)OCC)C(OC)c1ccccc1. The molecular weight excluding hydrogens is 204 g/mol. The van der Waals surface area contributed by atoms with Gasteiger partial charge in [0.05, 0.1) is 12.2 Å². The third kappa shape index (κ3) is 2.94. The van der Waals surface area contributed by atoms with Crippen LogP contribution in [0.25, 0.3) is 0 Å². The monoisotopic (exact) mass is 220 g/mol. The van der Waals surface area contributed by atoms with Gasteiger partial charge in [-0.25, -0.2) is 4.79 Å². The predicted molar refractivity (Wildman–Crippen MR) is 62.0 cm³/mol. The van der Waals surface area contributed by atoms with Gasteiger partial charge in [0.2, 0.25) is 0 Å². The fourth-order valence-corrected chi connectivity index (χ4v) is 1.44. The molecule has 0 amide bonds. The van der Waals surface area contributed by atoms with Gasteiger partial charge in [-0.3, -0.25) is 0 Å². The van der Waals surface area contributed by atoms with Crippen LogP contribution < -0.4 is 0 Å². The van der Waals surface area contributed by atoms with Crippen molar-refractivity contribution in [1.82, 2.24) is 0 Å². The number of carbonyl (C=O) groups excluding carboxylic acids is 1. The lowest BCUT2D eigenvalue weighted by Crippen LogP contribution is -2.15. The highest BCUT2D eigenvalue weighted by Crippen LogP contribution is 2.24. The second-order valence-corrected chi connectivity index (χ2v) is 3.27. The molecule has 0 N–H and O–H groups in total. The molecule has 0 aliphatic rings. The van der Waals surface area contributed by atoms with Crippen molar-refractivity contribution in [3.8, 4) is 0 Å². The maximum absolute atomic E-state index is 11.5. The summed E-state index contributed by atoms with van der Waals surface area (Å²) in [6.07, 6.45) is -0.444. The van der Waals surface area contributed by atoms with Gasteiger partial charge < -0.3 is 9.47 Å². The maximum atomic E-state index is 11.5. The molecule has 1 rings (SSSR count). The van der Waals surface area contributed by atoms with E-state index in [0.29, 0.717) is 12.2 Å². The fourth-order valence-electron chi connectivity index (χ4n) is 1.44. The summed E-state index contributed by atoms with van der Waals surface area (Å²) in [4.78, 5) is 11.5. The second kappa shape index (κ2) is 6.08. The summed E-state index contributed by atoms with van der Waals surface area (Å²) < 4.78 is 10.2. The number of benzene rings is 1. The lowest BCUT2D eigenvalue weighted by atomic mass is 10.0. The van der Waals surface area contributed by atoms with Crippen LogP contribution in [-0.4, -0.2) is 19.7 Å². The molecule has 1 aromatic rings. The largest absolute Gasteiger partial charge is 0.463 e. The third-order valence-corrected chi connectivity index (χ3v) is 2.19. The zero-order valence-corrected chi connectivity index (χ0v) is 9.60. The van der Waals surface area contributed by atoms with E-state index in [1.54, 1.807) is 14.0 Å². The van der Waals surface area contributed by atoms with Crippen LogP contribution in [0.4, 0.5) is 0 Å². The highest BCUT2D eigenvalue weighted by atomic mass is 16.5. The zero-order valence-electron chi connectivity index (χ0n) is 9.60. The van der Waals surface area contributed by atoms with Gasteiger partial charge in [0.1, 0.15) is 6.10 Å². The molecule has 1 aromatic carbocycles. The Hall–Kier alpha value is -1.61. The molecular formula is C13H16O3. The Labute approximate surface area is 95.7 Å². The highest BCUT2D eigenvalue weighted by Gasteiger charge is 2.21. The number of rotatable bonds is 5. The predicted octanol–water partition coefficient (Wildman–Crippen LogP) is 2.49.